The minimum absolute atomic E-state index is 0.541. The van der Waals surface area contributed by atoms with Gasteiger partial charge in [-0.15, -0.1) is 0 Å². The molecule has 92 valence electrons. The van der Waals surface area contributed by atoms with Crippen LogP contribution >= 0.6 is 0 Å². The lowest BCUT2D eigenvalue weighted by Gasteiger charge is -2.11. The highest BCUT2D eigenvalue weighted by Gasteiger charge is 2.06. The molecule has 0 aliphatic rings. The van der Waals surface area contributed by atoms with Gasteiger partial charge in [-0.25, -0.2) is 9.97 Å². The lowest BCUT2D eigenvalue weighted by molar-refractivity contribution is 0.518. The van der Waals surface area contributed by atoms with E-state index in [-0.39, 0.29) is 0 Å². The topological polar surface area (TPSA) is 78.0 Å². The van der Waals surface area contributed by atoms with Gasteiger partial charge in [0, 0.05) is 13.1 Å². The van der Waals surface area contributed by atoms with Crippen LogP contribution in [0.2, 0.25) is 0 Å². The third-order valence-electron chi connectivity index (χ3n) is 2.34. The van der Waals surface area contributed by atoms with Crippen molar-refractivity contribution >= 4 is 11.6 Å². The van der Waals surface area contributed by atoms with Gasteiger partial charge in [0.2, 0.25) is 0 Å². The summed E-state index contributed by atoms with van der Waals surface area (Å²) in [6.45, 7) is 2.33. The summed E-state index contributed by atoms with van der Waals surface area (Å²) >= 11 is 0. The fraction of sp³-hybridized carbons (Fsp3) is 0.250. The Bertz CT molecular complexity index is 558. The van der Waals surface area contributed by atoms with Gasteiger partial charge < -0.3 is 9.73 Å². The van der Waals surface area contributed by atoms with E-state index in [1.807, 2.05) is 18.3 Å². The standard InChI is InChI=1S/C12H13N5O/c1-9-15-11(6-12(16-9)17(2)8-13)14-7-10-4-3-5-18-10/h3-6H,7H2,1-2H3,(H,14,15,16). The Hall–Kier alpha value is -2.55. The number of furan rings is 1. The van der Waals surface area contributed by atoms with Crippen LogP contribution in [0.4, 0.5) is 11.6 Å². The van der Waals surface area contributed by atoms with E-state index in [2.05, 4.69) is 15.3 Å². The zero-order chi connectivity index (χ0) is 13.0. The summed E-state index contributed by atoms with van der Waals surface area (Å²) in [5.74, 6) is 2.65. The molecule has 0 fully saturated rings. The monoisotopic (exact) mass is 243 g/mol. The molecule has 0 amide bonds. The average molecular weight is 243 g/mol. The quantitative estimate of drug-likeness (QED) is 0.652. The van der Waals surface area contributed by atoms with Crippen LogP contribution in [0, 0.1) is 18.4 Å². The number of rotatable bonds is 4. The van der Waals surface area contributed by atoms with Gasteiger partial charge in [0.1, 0.15) is 23.2 Å². The molecule has 0 bridgehead atoms. The van der Waals surface area contributed by atoms with Crippen molar-refractivity contribution in [3.05, 3.63) is 36.0 Å². The van der Waals surface area contributed by atoms with E-state index in [0.29, 0.717) is 24.0 Å². The number of aryl methyl sites for hydroxylation is 1. The molecule has 0 spiro atoms. The number of nitriles is 1. The summed E-state index contributed by atoms with van der Waals surface area (Å²) in [5, 5.41) is 12.0. The molecule has 0 saturated carbocycles. The predicted octanol–water partition coefficient (Wildman–Crippen LogP) is 1.91. The van der Waals surface area contributed by atoms with Gasteiger partial charge >= 0.3 is 0 Å². The van der Waals surface area contributed by atoms with Gasteiger partial charge in [-0.1, -0.05) is 0 Å². The van der Waals surface area contributed by atoms with Crippen molar-refractivity contribution in [1.29, 1.82) is 5.26 Å². The first-order valence-electron chi connectivity index (χ1n) is 5.44. The van der Waals surface area contributed by atoms with Crippen LogP contribution in [-0.2, 0) is 6.54 Å². The van der Waals surface area contributed by atoms with Gasteiger partial charge in [0.05, 0.1) is 12.8 Å². The Balaban J connectivity index is 2.13. The number of hydrogen-bond acceptors (Lipinski definition) is 6. The first kappa shape index (κ1) is 11.9. The van der Waals surface area contributed by atoms with Crippen LogP contribution in [0.15, 0.2) is 28.9 Å². The van der Waals surface area contributed by atoms with E-state index in [1.54, 1.807) is 26.3 Å². The lowest BCUT2D eigenvalue weighted by atomic mass is 10.4. The molecule has 0 unspecified atom stereocenters. The summed E-state index contributed by atoms with van der Waals surface area (Å²) in [7, 11) is 1.65. The third-order valence-corrected chi connectivity index (χ3v) is 2.34. The molecule has 0 aliphatic heterocycles. The van der Waals surface area contributed by atoms with Gasteiger partial charge in [-0.3, -0.25) is 4.90 Å². The van der Waals surface area contributed by atoms with E-state index in [0.717, 1.165) is 5.76 Å². The van der Waals surface area contributed by atoms with Gasteiger partial charge in [0.15, 0.2) is 6.19 Å². The largest absolute Gasteiger partial charge is 0.467 e. The highest BCUT2D eigenvalue weighted by molar-refractivity contribution is 5.51. The van der Waals surface area contributed by atoms with Crippen molar-refractivity contribution < 1.29 is 4.42 Å². The average Bonchev–Trinajstić information content (AvgIpc) is 2.88. The smallest absolute Gasteiger partial charge is 0.185 e. The molecular formula is C12H13N5O. The van der Waals surface area contributed by atoms with Crippen molar-refractivity contribution in [3.63, 3.8) is 0 Å². The molecule has 0 atom stereocenters. The molecule has 6 heteroatoms. The maximum absolute atomic E-state index is 8.83. The molecule has 2 heterocycles. The van der Waals surface area contributed by atoms with Crippen molar-refractivity contribution in [2.45, 2.75) is 13.5 Å². The summed E-state index contributed by atoms with van der Waals surface area (Å²) in [6.07, 6.45) is 3.62. The van der Waals surface area contributed by atoms with E-state index in [1.165, 1.54) is 4.90 Å². The summed E-state index contributed by atoms with van der Waals surface area (Å²) in [6, 6.07) is 5.43. The van der Waals surface area contributed by atoms with Gasteiger partial charge in [-0.05, 0) is 19.1 Å². The molecule has 2 aromatic heterocycles. The highest BCUT2D eigenvalue weighted by atomic mass is 16.3. The van der Waals surface area contributed by atoms with E-state index >= 15 is 0 Å². The molecule has 0 aromatic carbocycles. The van der Waals surface area contributed by atoms with Crippen LogP contribution in [0.1, 0.15) is 11.6 Å². The minimum Gasteiger partial charge on any atom is -0.467 e. The fourth-order valence-corrected chi connectivity index (χ4v) is 1.46. The maximum atomic E-state index is 8.83. The first-order chi connectivity index (χ1) is 8.69. The predicted molar refractivity (Wildman–Crippen MR) is 66.8 cm³/mol. The minimum atomic E-state index is 0.541. The number of anilines is 2. The van der Waals surface area contributed by atoms with Crippen LogP contribution in [0.5, 0.6) is 0 Å². The van der Waals surface area contributed by atoms with E-state index in [9.17, 15) is 0 Å². The fourth-order valence-electron chi connectivity index (χ4n) is 1.46. The Morgan fingerprint density at radius 3 is 3.00 bits per heavy atom. The second kappa shape index (κ2) is 5.19. The van der Waals surface area contributed by atoms with Gasteiger partial charge in [-0.2, -0.15) is 5.26 Å². The van der Waals surface area contributed by atoms with Crippen molar-refractivity contribution in [2.24, 2.45) is 0 Å². The van der Waals surface area contributed by atoms with Crippen molar-refractivity contribution in [2.75, 3.05) is 17.3 Å². The lowest BCUT2D eigenvalue weighted by Crippen LogP contribution is -2.12. The molecule has 2 aromatic rings. The molecular weight excluding hydrogens is 230 g/mol. The number of hydrogen-bond donors (Lipinski definition) is 1. The van der Waals surface area contributed by atoms with Crippen molar-refractivity contribution in [1.82, 2.24) is 9.97 Å². The summed E-state index contributed by atoms with van der Waals surface area (Å²) in [4.78, 5) is 9.81. The van der Waals surface area contributed by atoms with E-state index < -0.39 is 0 Å². The first-order valence-corrected chi connectivity index (χ1v) is 5.44. The van der Waals surface area contributed by atoms with Crippen LogP contribution in [-0.4, -0.2) is 17.0 Å². The zero-order valence-corrected chi connectivity index (χ0v) is 10.2. The molecule has 0 aliphatic carbocycles. The Kier molecular flexibility index (Phi) is 3.44. The Morgan fingerprint density at radius 2 is 2.33 bits per heavy atom. The number of aromatic nitrogens is 2. The molecule has 1 N–H and O–H groups in total. The highest BCUT2D eigenvalue weighted by Crippen LogP contribution is 2.15. The van der Waals surface area contributed by atoms with Crippen LogP contribution in [0.25, 0.3) is 0 Å². The normalized spacial score (nSPS) is 9.83. The Morgan fingerprint density at radius 1 is 1.50 bits per heavy atom. The molecule has 0 saturated heterocycles. The Labute approximate surface area is 105 Å². The summed E-state index contributed by atoms with van der Waals surface area (Å²) < 4.78 is 5.22. The van der Waals surface area contributed by atoms with Crippen LogP contribution < -0.4 is 10.2 Å². The molecule has 18 heavy (non-hydrogen) atoms. The maximum Gasteiger partial charge on any atom is 0.185 e. The number of nitrogens with zero attached hydrogens (tertiary/aromatic N) is 4. The SMILES string of the molecule is Cc1nc(NCc2ccco2)cc(N(C)C#N)n1. The van der Waals surface area contributed by atoms with Crippen LogP contribution in [0.3, 0.4) is 0 Å². The number of nitrogens with one attached hydrogen (secondary N) is 1. The molecule has 6 nitrogen and oxygen atoms in total. The van der Waals surface area contributed by atoms with E-state index in [4.69, 9.17) is 9.68 Å². The second-order valence-corrected chi connectivity index (χ2v) is 3.75. The third kappa shape index (κ3) is 2.77. The molecule has 0 radical (unpaired) electrons. The van der Waals surface area contributed by atoms with Gasteiger partial charge in [0.25, 0.3) is 0 Å². The second-order valence-electron chi connectivity index (χ2n) is 3.75. The molecule has 2 rings (SSSR count). The summed E-state index contributed by atoms with van der Waals surface area (Å²) in [5.41, 5.74) is 0. The zero-order valence-electron chi connectivity index (χ0n) is 10.2. The van der Waals surface area contributed by atoms with Crippen molar-refractivity contribution in [3.8, 4) is 6.19 Å².